The molecule has 1 fully saturated rings. The van der Waals surface area contributed by atoms with Gasteiger partial charge in [-0.3, -0.25) is 14.4 Å². The maximum absolute atomic E-state index is 12.5. The summed E-state index contributed by atoms with van der Waals surface area (Å²) in [6.45, 7) is 4.18. The number of benzene rings is 1. The summed E-state index contributed by atoms with van der Waals surface area (Å²) in [7, 11) is 0. The number of nitrogens with zero attached hydrogens (tertiary/aromatic N) is 2. The quantitative estimate of drug-likeness (QED) is 0.791. The van der Waals surface area contributed by atoms with E-state index in [-0.39, 0.29) is 18.2 Å². The Morgan fingerprint density at radius 2 is 1.81 bits per heavy atom. The van der Waals surface area contributed by atoms with Crippen molar-refractivity contribution in [1.82, 2.24) is 10.2 Å². The zero-order valence-corrected chi connectivity index (χ0v) is 15.8. The predicted molar refractivity (Wildman–Crippen MR) is 100 cm³/mol. The van der Waals surface area contributed by atoms with Crippen LogP contribution in [0.4, 0.5) is 0 Å². The molecular weight excluding hydrogens is 344 g/mol. The number of rotatable bonds is 6. The van der Waals surface area contributed by atoms with Crippen LogP contribution in [0.5, 0.6) is 0 Å². The second-order valence-electron chi connectivity index (χ2n) is 7.65. The van der Waals surface area contributed by atoms with Gasteiger partial charge < -0.3 is 16.0 Å². The number of carbonyl (C=O) groups excluding carboxylic acids is 3. The van der Waals surface area contributed by atoms with Crippen molar-refractivity contribution in [3.05, 3.63) is 35.9 Å². The van der Waals surface area contributed by atoms with Gasteiger partial charge in [0, 0.05) is 43.3 Å². The predicted octanol–water partition coefficient (Wildman–Crippen LogP) is 1.59. The highest BCUT2D eigenvalue weighted by Crippen LogP contribution is 2.25. The molecule has 7 heteroatoms. The lowest BCUT2D eigenvalue weighted by molar-refractivity contribution is -0.127. The SMILES string of the molecule is CC(C)(CCC(=O)NC1(C#N)CCN(C(=O)c2ccccc2)CC1)C(N)=O. The molecule has 1 heterocycles. The summed E-state index contributed by atoms with van der Waals surface area (Å²) in [4.78, 5) is 37.9. The highest BCUT2D eigenvalue weighted by molar-refractivity contribution is 5.94. The molecular formula is C20H26N4O3. The number of hydrogen-bond acceptors (Lipinski definition) is 4. The monoisotopic (exact) mass is 370 g/mol. The van der Waals surface area contributed by atoms with Gasteiger partial charge in [-0.05, 0) is 18.6 Å². The molecule has 0 spiro atoms. The van der Waals surface area contributed by atoms with Crippen LogP contribution < -0.4 is 11.1 Å². The fourth-order valence-corrected chi connectivity index (χ4v) is 3.00. The first-order chi connectivity index (χ1) is 12.7. The van der Waals surface area contributed by atoms with Gasteiger partial charge in [-0.25, -0.2) is 0 Å². The van der Waals surface area contributed by atoms with E-state index < -0.39 is 16.9 Å². The number of nitriles is 1. The van der Waals surface area contributed by atoms with Crippen molar-refractivity contribution in [2.45, 2.75) is 45.1 Å². The largest absolute Gasteiger partial charge is 0.369 e. The van der Waals surface area contributed by atoms with Crippen molar-refractivity contribution in [2.75, 3.05) is 13.1 Å². The Labute approximate surface area is 159 Å². The maximum atomic E-state index is 12.5. The van der Waals surface area contributed by atoms with E-state index in [2.05, 4.69) is 11.4 Å². The molecule has 1 aromatic carbocycles. The number of primary amides is 1. The van der Waals surface area contributed by atoms with E-state index in [4.69, 9.17) is 5.73 Å². The molecule has 1 saturated heterocycles. The molecule has 1 aromatic rings. The fraction of sp³-hybridized carbons (Fsp3) is 0.500. The molecule has 0 saturated carbocycles. The summed E-state index contributed by atoms with van der Waals surface area (Å²) in [6.07, 6.45) is 1.17. The molecule has 3 N–H and O–H groups in total. The summed E-state index contributed by atoms with van der Waals surface area (Å²) in [5.41, 5.74) is 4.17. The lowest BCUT2D eigenvalue weighted by Crippen LogP contribution is -2.55. The Morgan fingerprint density at radius 1 is 1.22 bits per heavy atom. The van der Waals surface area contributed by atoms with Crippen molar-refractivity contribution in [3.63, 3.8) is 0 Å². The molecule has 3 amide bonds. The number of piperidine rings is 1. The van der Waals surface area contributed by atoms with Gasteiger partial charge in [0.15, 0.2) is 0 Å². The third-order valence-electron chi connectivity index (χ3n) is 5.16. The molecule has 0 radical (unpaired) electrons. The lowest BCUT2D eigenvalue weighted by Gasteiger charge is -2.38. The summed E-state index contributed by atoms with van der Waals surface area (Å²) in [6, 6.07) is 11.2. The van der Waals surface area contributed by atoms with Gasteiger partial charge >= 0.3 is 0 Å². The lowest BCUT2D eigenvalue weighted by atomic mass is 9.85. The number of hydrogen-bond donors (Lipinski definition) is 2. The summed E-state index contributed by atoms with van der Waals surface area (Å²) < 4.78 is 0. The molecule has 27 heavy (non-hydrogen) atoms. The maximum Gasteiger partial charge on any atom is 0.253 e. The number of amides is 3. The molecule has 0 bridgehead atoms. The van der Waals surface area contributed by atoms with Crippen molar-refractivity contribution < 1.29 is 14.4 Å². The van der Waals surface area contributed by atoms with Gasteiger partial charge in [0.2, 0.25) is 11.8 Å². The van der Waals surface area contributed by atoms with Gasteiger partial charge in [0.1, 0.15) is 5.54 Å². The molecule has 2 rings (SSSR count). The Morgan fingerprint density at radius 3 is 2.33 bits per heavy atom. The third kappa shape index (κ3) is 5.07. The first kappa shape index (κ1) is 20.4. The zero-order chi connectivity index (χ0) is 20.1. The highest BCUT2D eigenvalue weighted by atomic mass is 16.2. The summed E-state index contributed by atoms with van der Waals surface area (Å²) in [5.74, 6) is -0.816. The minimum atomic E-state index is -0.985. The van der Waals surface area contributed by atoms with Crippen LogP contribution in [-0.2, 0) is 9.59 Å². The number of nitrogens with one attached hydrogen (secondary N) is 1. The van der Waals surface area contributed by atoms with Crippen LogP contribution >= 0.6 is 0 Å². The van der Waals surface area contributed by atoms with Crippen LogP contribution in [0, 0.1) is 16.7 Å². The fourth-order valence-electron chi connectivity index (χ4n) is 3.00. The topological polar surface area (TPSA) is 116 Å². The van der Waals surface area contributed by atoms with E-state index in [0.29, 0.717) is 37.9 Å². The van der Waals surface area contributed by atoms with E-state index in [1.54, 1.807) is 30.9 Å². The molecule has 0 atom stereocenters. The van der Waals surface area contributed by atoms with Crippen molar-refractivity contribution in [2.24, 2.45) is 11.1 Å². The van der Waals surface area contributed by atoms with Gasteiger partial charge in [-0.15, -0.1) is 0 Å². The van der Waals surface area contributed by atoms with E-state index in [1.807, 2.05) is 18.2 Å². The van der Waals surface area contributed by atoms with E-state index >= 15 is 0 Å². The van der Waals surface area contributed by atoms with E-state index in [0.717, 1.165) is 0 Å². The Hall–Kier alpha value is -2.88. The molecule has 1 aliphatic heterocycles. The molecule has 0 aliphatic carbocycles. The van der Waals surface area contributed by atoms with Crippen LogP contribution in [0.1, 0.15) is 49.9 Å². The average Bonchev–Trinajstić information content (AvgIpc) is 2.67. The second-order valence-corrected chi connectivity index (χ2v) is 7.65. The molecule has 1 aliphatic rings. The minimum Gasteiger partial charge on any atom is -0.369 e. The second kappa shape index (κ2) is 8.21. The summed E-state index contributed by atoms with van der Waals surface area (Å²) in [5, 5.41) is 12.4. The number of carbonyl (C=O) groups is 3. The molecule has 0 unspecified atom stereocenters. The molecule has 7 nitrogen and oxygen atoms in total. The number of likely N-dealkylation sites (tertiary alicyclic amines) is 1. The highest BCUT2D eigenvalue weighted by Gasteiger charge is 2.38. The van der Waals surface area contributed by atoms with E-state index in [9.17, 15) is 19.6 Å². The zero-order valence-electron chi connectivity index (χ0n) is 15.8. The minimum absolute atomic E-state index is 0.0725. The van der Waals surface area contributed by atoms with Crippen molar-refractivity contribution >= 4 is 17.7 Å². The first-order valence-electron chi connectivity index (χ1n) is 9.06. The normalized spacial score (nSPS) is 16.3. The van der Waals surface area contributed by atoms with E-state index in [1.165, 1.54) is 0 Å². The van der Waals surface area contributed by atoms with Gasteiger partial charge in [0.25, 0.3) is 5.91 Å². The Bertz CT molecular complexity index is 744. The van der Waals surface area contributed by atoms with Crippen LogP contribution in [0.15, 0.2) is 30.3 Å². The molecule has 0 aromatic heterocycles. The van der Waals surface area contributed by atoms with Gasteiger partial charge in [-0.1, -0.05) is 32.0 Å². The van der Waals surface area contributed by atoms with Gasteiger partial charge in [0.05, 0.1) is 6.07 Å². The summed E-state index contributed by atoms with van der Waals surface area (Å²) >= 11 is 0. The smallest absolute Gasteiger partial charge is 0.253 e. The number of nitrogens with two attached hydrogens (primary N) is 1. The van der Waals surface area contributed by atoms with Gasteiger partial charge in [-0.2, -0.15) is 5.26 Å². The van der Waals surface area contributed by atoms with Crippen LogP contribution in [-0.4, -0.2) is 41.2 Å². The third-order valence-corrected chi connectivity index (χ3v) is 5.16. The van der Waals surface area contributed by atoms with Crippen molar-refractivity contribution in [3.8, 4) is 6.07 Å². The van der Waals surface area contributed by atoms with Crippen LogP contribution in [0.25, 0.3) is 0 Å². The van der Waals surface area contributed by atoms with Crippen LogP contribution in [0.2, 0.25) is 0 Å². The molecule has 144 valence electrons. The Kier molecular flexibility index (Phi) is 6.21. The first-order valence-corrected chi connectivity index (χ1v) is 9.06. The van der Waals surface area contributed by atoms with Crippen LogP contribution in [0.3, 0.4) is 0 Å². The Balaban J connectivity index is 1.92. The van der Waals surface area contributed by atoms with Crippen molar-refractivity contribution in [1.29, 1.82) is 5.26 Å². The average molecular weight is 370 g/mol. The standard InChI is InChI=1S/C20H26N4O3/c1-19(2,18(22)27)9-8-16(25)23-20(14-21)10-12-24(13-11-20)17(26)15-6-4-3-5-7-15/h3-7H,8-13H2,1-2H3,(H2,22,27)(H,23,25).